The zero-order valence-electron chi connectivity index (χ0n) is 11.7. The molecule has 5 atom stereocenters. The molecule has 2 N–H and O–H groups in total. The van der Waals surface area contributed by atoms with E-state index in [1.807, 2.05) is 0 Å². The van der Waals surface area contributed by atoms with Gasteiger partial charge in [-0.25, -0.2) is 0 Å². The summed E-state index contributed by atoms with van der Waals surface area (Å²) in [6, 6.07) is 0.366. The van der Waals surface area contributed by atoms with E-state index < -0.39 is 0 Å². The molecule has 1 saturated heterocycles. The first-order chi connectivity index (χ1) is 8.58. The molecule has 1 amide bonds. The summed E-state index contributed by atoms with van der Waals surface area (Å²) in [7, 11) is 0. The van der Waals surface area contributed by atoms with Crippen molar-refractivity contribution in [3.8, 4) is 0 Å². The SMILES string of the molecule is CC(NC(=O)C1(C)CCNC1)C1CC2CCC1C2. The minimum atomic E-state index is -0.175. The molecule has 2 bridgehead atoms. The standard InChI is InChI=1S/C15H26N2O/c1-10(13-8-11-3-4-12(13)7-11)17-14(18)15(2)5-6-16-9-15/h10-13,16H,3-9H2,1-2H3,(H,17,18). The maximum Gasteiger partial charge on any atom is 0.227 e. The van der Waals surface area contributed by atoms with Gasteiger partial charge in [-0.3, -0.25) is 4.79 Å². The molecule has 2 saturated carbocycles. The van der Waals surface area contributed by atoms with Crippen molar-refractivity contribution in [2.75, 3.05) is 13.1 Å². The summed E-state index contributed by atoms with van der Waals surface area (Å²) in [5.74, 6) is 2.86. The van der Waals surface area contributed by atoms with Crippen LogP contribution in [-0.4, -0.2) is 25.0 Å². The van der Waals surface area contributed by atoms with E-state index in [1.165, 1.54) is 25.7 Å². The van der Waals surface area contributed by atoms with Crippen LogP contribution in [0.25, 0.3) is 0 Å². The Bertz CT molecular complexity index is 335. The molecule has 102 valence electrons. The van der Waals surface area contributed by atoms with Crippen molar-refractivity contribution in [3.63, 3.8) is 0 Å². The Kier molecular flexibility index (Phi) is 3.13. The van der Waals surface area contributed by atoms with Crippen LogP contribution in [0.4, 0.5) is 0 Å². The molecule has 3 nitrogen and oxygen atoms in total. The Hall–Kier alpha value is -0.570. The van der Waals surface area contributed by atoms with Gasteiger partial charge in [-0.1, -0.05) is 6.42 Å². The number of carbonyl (C=O) groups excluding carboxylic acids is 1. The quantitative estimate of drug-likeness (QED) is 0.803. The molecule has 2 aliphatic carbocycles. The van der Waals surface area contributed by atoms with Gasteiger partial charge in [0, 0.05) is 12.6 Å². The zero-order valence-corrected chi connectivity index (χ0v) is 11.7. The Morgan fingerprint density at radius 2 is 2.22 bits per heavy atom. The average molecular weight is 250 g/mol. The molecule has 3 fully saturated rings. The monoisotopic (exact) mass is 250 g/mol. The van der Waals surface area contributed by atoms with Crippen molar-refractivity contribution in [1.29, 1.82) is 0 Å². The smallest absolute Gasteiger partial charge is 0.227 e. The van der Waals surface area contributed by atoms with Gasteiger partial charge in [0.1, 0.15) is 0 Å². The fraction of sp³-hybridized carbons (Fsp3) is 0.933. The molecule has 1 heterocycles. The molecule has 0 aromatic carbocycles. The minimum absolute atomic E-state index is 0.175. The second kappa shape index (κ2) is 4.52. The van der Waals surface area contributed by atoms with E-state index in [1.54, 1.807) is 0 Å². The van der Waals surface area contributed by atoms with E-state index in [9.17, 15) is 4.79 Å². The summed E-state index contributed by atoms with van der Waals surface area (Å²) in [5, 5.41) is 6.61. The van der Waals surface area contributed by atoms with Crippen molar-refractivity contribution < 1.29 is 4.79 Å². The van der Waals surface area contributed by atoms with E-state index in [0.29, 0.717) is 6.04 Å². The van der Waals surface area contributed by atoms with E-state index in [0.717, 1.165) is 37.3 Å². The molecule has 0 spiro atoms. The van der Waals surface area contributed by atoms with E-state index >= 15 is 0 Å². The largest absolute Gasteiger partial charge is 0.353 e. The lowest BCUT2D eigenvalue weighted by Gasteiger charge is -2.31. The van der Waals surface area contributed by atoms with Crippen LogP contribution in [0.1, 0.15) is 46.0 Å². The highest BCUT2D eigenvalue weighted by molar-refractivity contribution is 5.83. The average Bonchev–Trinajstić information content (AvgIpc) is 3.04. The fourth-order valence-corrected chi connectivity index (χ4v) is 4.41. The zero-order chi connectivity index (χ0) is 12.8. The van der Waals surface area contributed by atoms with Crippen LogP contribution in [0.3, 0.4) is 0 Å². The summed E-state index contributed by atoms with van der Waals surface area (Å²) in [4.78, 5) is 12.4. The van der Waals surface area contributed by atoms with Crippen molar-refractivity contribution in [1.82, 2.24) is 10.6 Å². The van der Waals surface area contributed by atoms with Gasteiger partial charge in [-0.2, -0.15) is 0 Å². The van der Waals surface area contributed by atoms with Gasteiger partial charge in [0.05, 0.1) is 5.41 Å². The predicted octanol–water partition coefficient (Wildman–Crippen LogP) is 1.93. The topological polar surface area (TPSA) is 41.1 Å². The molecular formula is C15H26N2O. The van der Waals surface area contributed by atoms with E-state index in [4.69, 9.17) is 0 Å². The number of hydrogen-bond acceptors (Lipinski definition) is 2. The summed E-state index contributed by atoms with van der Waals surface area (Å²) >= 11 is 0. The highest BCUT2D eigenvalue weighted by Gasteiger charge is 2.43. The van der Waals surface area contributed by atoms with Crippen molar-refractivity contribution >= 4 is 5.91 Å². The van der Waals surface area contributed by atoms with Gasteiger partial charge in [-0.15, -0.1) is 0 Å². The first-order valence-corrected chi connectivity index (χ1v) is 7.60. The first-order valence-electron chi connectivity index (χ1n) is 7.60. The second-order valence-electron chi connectivity index (χ2n) is 7.09. The van der Waals surface area contributed by atoms with Crippen molar-refractivity contribution in [2.45, 2.75) is 52.0 Å². The molecular weight excluding hydrogens is 224 g/mol. The van der Waals surface area contributed by atoms with Gasteiger partial charge in [0.15, 0.2) is 0 Å². The number of fused-ring (bicyclic) bond motifs is 2. The third-order valence-corrected chi connectivity index (χ3v) is 5.71. The summed E-state index contributed by atoms with van der Waals surface area (Å²) in [5.41, 5.74) is -0.175. The predicted molar refractivity (Wildman–Crippen MR) is 72.1 cm³/mol. The lowest BCUT2D eigenvalue weighted by atomic mass is 9.82. The van der Waals surface area contributed by atoms with Gasteiger partial charge >= 0.3 is 0 Å². The van der Waals surface area contributed by atoms with Gasteiger partial charge in [0.25, 0.3) is 0 Å². The Labute approximate surface area is 110 Å². The fourth-order valence-electron chi connectivity index (χ4n) is 4.41. The molecule has 0 aromatic heterocycles. The Balaban J connectivity index is 1.57. The normalized spacial score (nSPS) is 44.2. The van der Waals surface area contributed by atoms with Crippen LogP contribution >= 0.6 is 0 Å². The van der Waals surface area contributed by atoms with E-state index in [2.05, 4.69) is 24.5 Å². The molecule has 3 aliphatic rings. The van der Waals surface area contributed by atoms with Crippen LogP contribution in [0.15, 0.2) is 0 Å². The number of rotatable bonds is 3. The molecule has 3 heteroatoms. The van der Waals surface area contributed by atoms with E-state index in [-0.39, 0.29) is 11.3 Å². The third-order valence-electron chi connectivity index (χ3n) is 5.71. The van der Waals surface area contributed by atoms with Gasteiger partial charge < -0.3 is 10.6 Å². The molecule has 3 rings (SSSR count). The number of nitrogens with one attached hydrogen (secondary N) is 2. The van der Waals surface area contributed by atoms with Crippen LogP contribution in [-0.2, 0) is 4.79 Å². The van der Waals surface area contributed by atoms with Crippen LogP contribution in [0.5, 0.6) is 0 Å². The number of amides is 1. The summed E-state index contributed by atoms with van der Waals surface area (Å²) in [6.45, 7) is 6.12. The molecule has 5 unspecified atom stereocenters. The highest BCUT2D eigenvalue weighted by atomic mass is 16.2. The molecule has 0 radical (unpaired) electrons. The summed E-state index contributed by atoms with van der Waals surface area (Å²) < 4.78 is 0. The van der Waals surface area contributed by atoms with Crippen molar-refractivity contribution in [2.24, 2.45) is 23.2 Å². The lowest BCUT2D eigenvalue weighted by Crippen LogP contribution is -2.47. The highest BCUT2D eigenvalue weighted by Crippen LogP contribution is 2.49. The third kappa shape index (κ3) is 2.07. The Morgan fingerprint density at radius 1 is 1.39 bits per heavy atom. The molecule has 0 aromatic rings. The van der Waals surface area contributed by atoms with Crippen LogP contribution < -0.4 is 10.6 Å². The Morgan fingerprint density at radius 3 is 2.78 bits per heavy atom. The first kappa shape index (κ1) is 12.5. The summed E-state index contributed by atoms with van der Waals surface area (Å²) in [6.07, 6.45) is 6.57. The van der Waals surface area contributed by atoms with Crippen LogP contribution in [0.2, 0.25) is 0 Å². The molecule has 18 heavy (non-hydrogen) atoms. The van der Waals surface area contributed by atoms with Gasteiger partial charge in [0.2, 0.25) is 5.91 Å². The maximum absolute atomic E-state index is 12.4. The maximum atomic E-state index is 12.4. The number of hydrogen-bond donors (Lipinski definition) is 2. The molecule has 1 aliphatic heterocycles. The van der Waals surface area contributed by atoms with Crippen molar-refractivity contribution in [3.05, 3.63) is 0 Å². The second-order valence-corrected chi connectivity index (χ2v) is 7.09. The lowest BCUT2D eigenvalue weighted by molar-refractivity contribution is -0.130. The van der Waals surface area contributed by atoms with Gasteiger partial charge in [-0.05, 0) is 63.8 Å². The van der Waals surface area contributed by atoms with Crippen LogP contribution in [0, 0.1) is 23.2 Å². The number of carbonyl (C=O) groups is 1. The minimum Gasteiger partial charge on any atom is -0.353 e.